The summed E-state index contributed by atoms with van der Waals surface area (Å²) in [6.07, 6.45) is 2.17. The van der Waals surface area contributed by atoms with Crippen LogP contribution in [0.1, 0.15) is 34.7 Å². The maximum Gasteiger partial charge on any atom is 0.251 e. The SMILES string of the molecule is Cc1nc(-c2ccc(C(=O)NCC3CCN(Cc4ccc(Cl)cc4)CC3)cc2)no1. The number of nitrogens with zero attached hydrogens (tertiary/aromatic N) is 3. The highest BCUT2D eigenvalue weighted by atomic mass is 35.5. The summed E-state index contributed by atoms with van der Waals surface area (Å²) in [5.74, 6) is 1.52. The molecule has 0 atom stereocenters. The molecule has 4 rings (SSSR count). The van der Waals surface area contributed by atoms with Crippen LogP contribution in [0.25, 0.3) is 11.4 Å². The zero-order valence-corrected chi connectivity index (χ0v) is 17.7. The molecule has 6 nitrogen and oxygen atoms in total. The number of rotatable bonds is 6. The number of piperidine rings is 1. The third-order valence-electron chi connectivity index (χ3n) is 5.51. The molecule has 1 amide bonds. The number of aryl methyl sites for hydroxylation is 1. The average Bonchev–Trinajstić information content (AvgIpc) is 3.21. The molecule has 0 bridgehead atoms. The Morgan fingerprint density at radius 3 is 2.47 bits per heavy atom. The third kappa shape index (κ3) is 5.26. The molecular weight excluding hydrogens is 400 g/mol. The molecule has 1 fully saturated rings. The highest BCUT2D eigenvalue weighted by Crippen LogP contribution is 2.20. The van der Waals surface area contributed by atoms with E-state index in [-0.39, 0.29) is 5.91 Å². The Balaban J connectivity index is 1.22. The predicted octanol–water partition coefficient (Wildman–Crippen LogP) is 4.34. The largest absolute Gasteiger partial charge is 0.352 e. The molecule has 0 saturated carbocycles. The summed E-state index contributed by atoms with van der Waals surface area (Å²) in [6.45, 7) is 5.49. The van der Waals surface area contributed by atoms with Crippen molar-refractivity contribution in [2.24, 2.45) is 5.92 Å². The second-order valence-electron chi connectivity index (χ2n) is 7.77. The number of aromatic nitrogens is 2. The maximum atomic E-state index is 12.5. The highest BCUT2D eigenvalue weighted by molar-refractivity contribution is 6.30. The Labute approximate surface area is 181 Å². The molecule has 2 heterocycles. The Kier molecular flexibility index (Phi) is 6.45. The van der Waals surface area contributed by atoms with Crippen molar-refractivity contribution in [1.29, 1.82) is 0 Å². The van der Waals surface area contributed by atoms with Gasteiger partial charge in [-0.05, 0) is 61.7 Å². The quantitative estimate of drug-likeness (QED) is 0.637. The van der Waals surface area contributed by atoms with E-state index in [9.17, 15) is 4.79 Å². The first-order chi connectivity index (χ1) is 14.6. The van der Waals surface area contributed by atoms with E-state index < -0.39 is 0 Å². The number of nitrogens with one attached hydrogen (secondary N) is 1. The first-order valence-electron chi connectivity index (χ1n) is 10.2. The molecule has 3 aromatic rings. The van der Waals surface area contributed by atoms with Crippen LogP contribution < -0.4 is 5.32 Å². The molecule has 0 spiro atoms. The van der Waals surface area contributed by atoms with Gasteiger partial charge in [-0.2, -0.15) is 4.98 Å². The number of carbonyl (C=O) groups excluding carboxylic acids is 1. The van der Waals surface area contributed by atoms with Crippen molar-refractivity contribution >= 4 is 17.5 Å². The van der Waals surface area contributed by atoms with E-state index in [1.54, 1.807) is 19.1 Å². The number of halogens is 1. The zero-order chi connectivity index (χ0) is 20.9. The summed E-state index contributed by atoms with van der Waals surface area (Å²) in [5.41, 5.74) is 2.75. The Morgan fingerprint density at radius 1 is 1.13 bits per heavy atom. The Bertz CT molecular complexity index is 977. The van der Waals surface area contributed by atoms with Gasteiger partial charge >= 0.3 is 0 Å². The molecular formula is C23H25ClN4O2. The van der Waals surface area contributed by atoms with Crippen molar-refractivity contribution in [3.05, 3.63) is 70.6 Å². The van der Waals surface area contributed by atoms with Gasteiger partial charge in [-0.1, -0.05) is 41.0 Å². The Morgan fingerprint density at radius 2 is 1.83 bits per heavy atom. The van der Waals surface area contributed by atoms with Crippen molar-refractivity contribution in [2.45, 2.75) is 26.3 Å². The van der Waals surface area contributed by atoms with Crippen LogP contribution in [-0.4, -0.2) is 40.6 Å². The first-order valence-corrected chi connectivity index (χ1v) is 10.6. The monoisotopic (exact) mass is 424 g/mol. The van der Waals surface area contributed by atoms with Crippen molar-refractivity contribution in [2.75, 3.05) is 19.6 Å². The van der Waals surface area contributed by atoms with Gasteiger partial charge in [-0.25, -0.2) is 0 Å². The minimum absolute atomic E-state index is 0.0468. The lowest BCUT2D eigenvalue weighted by atomic mass is 9.96. The molecule has 1 N–H and O–H groups in total. The van der Waals surface area contributed by atoms with Crippen LogP contribution in [0.5, 0.6) is 0 Å². The molecule has 1 aliphatic rings. The fourth-order valence-electron chi connectivity index (χ4n) is 3.72. The average molecular weight is 425 g/mol. The highest BCUT2D eigenvalue weighted by Gasteiger charge is 2.20. The number of hydrogen-bond acceptors (Lipinski definition) is 5. The molecule has 0 radical (unpaired) electrons. The predicted molar refractivity (Wildman–Crippen MR) is 116 cm³/mol. The second-order valence-corrected chi connectivity index (χ2v) is 8.21. The summed E-state index contributed by atoms with van der Waals surface area (Å²) >= 11 is 5.96. The smallest absolute Gasteiger partial charge is 0.251 e. The molecule has 30 heavy (non-hydrogen) atoms. The summed E-state index contributed by atoms with van der Waals surface area (Å²) in [4.78, 5) is 19.1. The molecule has 7 heteroatoms. The van der Waals surface area contributed by atoms with E-state index in [2.05, 4.69) is 32.5 Å². The van der Waals surface area contributed by atoms with Crippen LogP contribution in [0.3, 0.4) is 0 Å². The summed E-state index contributed by atoms with van der Waals surface area (Å²) < 4.78 is 5.00. The van der Waals surface area contributed by atoms with Crippen molar-refractivity contribution in [3.63, 3.8) is 0 Å². The fraction of sp³-hybridized carbons (Fsp3) is 0.348. The van der Waals surface area contributed by atoms with Gasteiger partial charge in [-0.3, -0.25) is 9.69 Å². The zero-order valence-electron chi connectivity index (χ0n) is 17.0. The number of likely N-dealkylation sites (tertiary alicyclic amines) is 1. The number of benzene rings is 2. The van der Waals surface area contributed by atoms with Crippen molar-refractivity contribution in [3.8, 4) is 11.4 Å². The van der Waals surface area contributed by atoms with Gasteiger partial charge in [0.2, 0.25) is 11.7 Å². The summed E-state index contributed by atoms with van der Waals surface area (Å²) in [5, 5.41) is 7.75. The van der Waals surface area contributed by atoms with Crippen LogP contribution in [-0.2, 0) is 6.54 Å². The maximum absolute atomic E-state index is 12.5. The topological polar surface area (TPSA) is 71.3 Å². The van der Waals surface area contributed by atoms with Gasteiger partial charge in [0.25, 0.3) is 5.91 Å². The lowest BCUT2D eigenvalue weighted by Gasteiger charge is -2.32. The van der Waals surface area contributed by atoms with E-state index in [0.29, 0.717) is 29.7 Å². The van der Waals surface area contributed by atoms with Crippen LogP contribution in [0.2, 0.25) is 5.02 Å². The molecule has 2 aromatic carbocycles. The number of carbonyl (C=O) groups is 1. The van der Waals surface area contributed by atoms with Crippen LogP contribution in [0.15, 0.2) is 53.1 Å². The standard InChI is InChI=1S/C23H25ClN4O2/c1-16-26-22(27-30-16)19-4-6-20(7-5-19)23(29)25-14-17-10-12-28(13-11-17)15-18-2-8-21(24)9-3-18/h2-9,17H,10-15H2,1H3,(H,25,29). The summed E-state index contributed by atoms with van der Waals surface area (Å²) in [7, 11) is 0. The summed E-state index contributed by atoms with van der Waals surface area (Å²) in [6, 6.07) is 15.3. The third-order valence-corrected chi connectivity index (χ3v) is 5.76. The normalized spacial score (nSPS) is 15.3. The minimum atomic E-state index is -0.0468. The van der Waals surface area contributed by atoms with E-state index >= 15 is 0 Å². The molecule has 0 aliphatic carbocycles. The van der Waals surface area contributed by atoms with Gasteiger partial charge < -0.3 is 9.84 Å². The van der Waals surface area contributed by atoms with E-state index in [1.807, 2.05) is 24.3 Å². The lowest BCUT2D eigenvalue weighted by Crippen LogP contribution is -2.38. The van der Waals surface area contributed by atoms with Gasteiger partial charge in [0, 0.05) is 36.2 Å². The molecule has 1 saturated heterocycles. The fourth-order valence-corrected chi connectivity index (χ4v) is 3.85. The van der Waals surface area contributed by atoms with Crippen LogP contribution >= 0.6 is 11.6 Å². The molecule has 0 unspecified atom stereocenters. The van der Waals surface area contributed by atoms with E-state index in [1.165, 1.54) is 5.56 Å². The van der Waals surface area contributed by atoms with Crippen molar-refractivity contribution < 1.29 is 9.32 Å². The minimum Gasteiger partial charge on any atom is -0.352 e. The van der Waals surface area contributed by atoms with Crippen molar-refractivity contribution in [1.82, 2.24) is 20.4 Å². The van der Waals surface area contributed by atoms with Gasteiger partial charge in [-0.15, -0.1) is 0 Å². The van der Waals surface area contributed by atoms with Gasteiger partial charge in [0.1, 0.15) is 0 Å². The van der Waals surface area contributed by atoms with E-state index in [4.69, 9.17) is 16.1 Å². The van der Waals surface area contributed by atoms with Gasteiger partial charge in [0.05, 0.1) is 0 Å². The number of hydrogen-bond donors (Lipinski definition) is 1. The lowest BCUT2D eigenvalue weighted by molar-refractivity contribution is 0.0935. The molecule has 1 aliphatic heterocycles. The Hall–Kier alpha value is -2.70. The van der Waals surface area contributed by atoms with Crippen LogP contribution in [0.4, 0.5) is 0 Å². The number of amides is 1. The van der Waals surface area contributed by atoms with Crippen LogP contribution in [0, 0.1) is 12.8 Å². The second kappa shape index (κ2) is 9.41. The first kappa shape index (κ1) is 20.6. The van der Waals surface area contributed by atoms with Gasteiger partial charge in [0.15, 0.2) is 0 Å². The van der Waals surface area contributed by atoms with E-state index in [0.717, 1.165) is 43.1 Å². The molecule has 156 valence electrons. The molecule has 1 aromatic heterocycles.